The Kier molecular flexibility index (Phi) is 4.32. The SMILES string of the molecule is CC1CN2CCCCC2CN1C(=O)[C@@H]1CCC[C@@H]1CN. The van der Waals surface area contributed by atoms with Crippen LogP contribution in [0.15, 0.2) is 0 Å². The lowest BCUT2D eigenvalue weighted by Crippen LogP contribution is -2.61. The van der Waals surface area contributed by atoms with Crippen molar-refractivity contribution in [1.29, 1.82) is 0 Å². The Balaban J connectivity index is 1.67. The first-order chi connectivity index (χ1) is 9.70. The molecule has 3 rings (SSSR count). The fourth-order valence-corrected chi connectivity index (χ4v) is 4.52. The minimum absolute atomic E-state index is 0.206. The number of nitrogens with two attached hydrogens (primary N) is 1. The van der Waals surface area contributed by atoms with Crippen LogP contribution in [0, 0.1) is 11.8 Å². The van der Waals surface area contributed by atoms with Gasteiger partial charge < -0.3 is 10.6 Å². The Labute approximate surface area is 122 Å². The zero-order chi connectivity index (χ0) is 14.1. The zero-order valence-corrected chi connectivity index (χ0v) is 12.8. The van der Waals surface area contributed by atoms with Crippen LogP contribution in [0.4, 0.5) is 0 Å². The van der Waals surface area contributed by atoms with E-state index >= 15 is 0 Å². The Morgan fingerprint density at radius 3 is 2.80 bits per heavy atom. The van der Waals surface area contributed by atoms with Crippen molar-refractivity contribution in [3.63, 3.8) is 0 Å². The second-order valence-electron chi connectivity index (χ2n) is 7.02. The molecule has 1 saturated carbocycles. The zero-order valence-electron chi connectivity index (χ0n) is 12.8. The van der Waals surface area contributed by atoms with E-state index in [1.165, 1.54) is 32.2 Å². The minimum Gasteiger partial charge on any atom is -0.337 e. The molecule has 0 spiro atoms. The van der Waals surface area contributed by atoms with Gasteiger partial charge in [-0.05, 0) is 51.6 Å². The molecule has 4 heteroatoms. The highest BCUT2D eigenvalue weighted by molar-refractivity contribution is 5.80. The monoisotopic (exact) mass is 279 g/mol. The molecular weight excluding hydrogens is 250 g/mol. The molecule has 0 aromatic carbocycles. The molecule has 2 aliphatic heterocycles. The number of rotatable bonds is 2. The molecule has 2 N–H and O–H groups in total. The van der Waals surface area contributed by atoms with Gasteiger partial charge in [0, 0.05) is 31.1 Å². The number of carbonyl (C=O) groups is 1. The van der Waals surface area contributed by atoms with E-state index in [1.807, 2.05) is 0 Å². The Morgan fingerprint density at radius 2 is 2.00 bits per heavy atom. The van der Waals surface area contributed by atoms with Gasteiger partial charge in [-0.25, -0.2) is 0 Å². The first-order valence-electron chi connectivity index (χ1n) is 8.45. The van der Waals surface area contributed by atoms with E-state index in [2.05, 4.69) is 16.7 Å². The predicted octanol–water partition coefficient (Wildman–Crippen LogP) is 1.45. The van der Waals surface area contributed by atoms with Gasteiger partial charge in [-0.1, -0.05) is 12.8 Å². The van der Waals surface area contributed by atoms with Crippen molar-refractivity contribution in [2.45, 2.75) is 57.5 Å². The highest BCUT2D eigenvalue weighted by atomic mass is 16.2. The van der Waals surface area contributed by atoms with E-state index in [9.17, 15) is 4.79 Å². The second kappa shape index (κ2) is 6.02. The average Bonchev–Trinajstić information content (AvgIpc) is 2.94. The van der Waals surface area contributed by atoms with Crippen molar-refractivity contribution in [1.82, 2.24) is 9.80 Å². The summed E-state index contributed by atoms with van der Waals surface area (Å²) in [7, 11) is 0. The van der Waals surface area contributed by atoms with Gasteiger partial charge in [0.05, 0.1) is 0 Å². The lowest BCUT2D eigenvalue weighted by molar-refractivity contribution is -0.143. The van der Waals surface area contributed by atoms with Crippen LogP contribution in [0.3, 0.4) is 0 Å². The molecule has 4 nitrogen and oxygen atoms in total. The van der Waals surface area contributed by atoms with E-state index in [-0.39, 0.29) is 5.92 Å². The molecule has 3 fully saturated rings. The minimum atomic E-state index is 0.206. The van der Waals surface area contributed by atoms with E-state index < -0.39 is 0 Å². The smallest absolute Gasteiger partial charge is 0.226 e. The van der Waals surface area contributed by atoms with Crippen molar-refractivity contribution in [2.75, 3.05) is 26.2 Å². The van der Waals surface area contributed by atoms with Gasteiger partial charge in [-0.3, -0.25) is 9.69 Å². The summed E-state index contributed by atoms with van der Waals surface area (Å²) in [6, 6.07) is 0.984. The second-order valence-corrected chi connectivity index (χ2v) is 7.02. The molecule has 3 aliphatic rings. The maximum atomic E-state index is 12.9. The summed E-state index contributed by atoms with van der Waals surface area (Å²) in [6.07, 6.45) is 7.29. The molecule has 2 heterocycles. The van der Waals surface area contributed by atoms with E-state index in [0.29, 0.717) is 30.5 Å². The number of piperazine rings is 1. The number of amides is 1. The van der Waals surface area contributed by atoms with E-state index in [1.54, 1.807) is 0 Å². The summed E-state index contributed by atoms with van der Waals surface area (Å²) in [6.45, 7) is 6.14. The maximum Gasteiger partial charge on any atom is 0.226 e. The number of hydrogen-bond donors (Lipinski definition) is 1. The Hall–Kier alpha value is -0.610. The summed E-state index contributed by atoms with van der Waals surface area (Å²) in [5.41, 5.74) is 5.85. The number of hydrogen-bond acceptors (Lipinski definition) is 3. The van der Waals surface area contributed by atoms with Crippen LogP contribution in [0.1, 0.15) is 45.4 Å². The van der Waals surface area contributed by atoms with Gasteiger partial charge in [0.15, 0.2) is 0 Å². The molecule has 2 unspecified atom stereocenters. The van der Waals surface area contributed by atoms with Gasteiger partial charge in [0.2, 0.25) is 5.91 Å². The third-order valence-electron chi connectivity index (χ3n) is 5.75. The molecule has 4 atom stereocenters. The molecule has 0 aromatic heterocycles. The third kappa shape index (κ3) is 2.60. The summed E-state index contributed by atoms with van der Waals surface area (Å²) >= 11 is 0. The topological polar surface area (TPSA) is 49.6 Å². The van der Waals surface area contributed by atoms with E-state index in [0.717, 1.165) is 25.9 Å². The molecule has 1 amide bonds. The highest BCUT2D eigenvalue weighted by Crippen LogP contribution is 2.34. The van der Waals surface area contributed by atoms with Crippen molar-refractivity contribution in [2.24, 2.45) is 17.6 Å². The molecule has 1 aliphatic carbocycles. The third-order valence-corrected chi connectivity index (χ3v) is 5.75. The fraction of sp³-hybridized carbons (Fsp3) is 0.938. The molecule has 114 valence electrons. The van der Waals surface area contributed by atoms with Crippen LogP contribution in [-0.4, -0.2) is 54.0 Å². The molecule has 2 saturated heterocycles. The van der Waals surface area contributed by atoms with Crippen molar-refractivity contribution in [3.8, 4) is 0 Å². The van der Waals surface area contributed by atoms with Crippen LogP contribution >= 0.6 is 0 Å². The van der Waals surface area contributed by atoms with Gasteiger partial charge >= 0.3 is 0 Å². The summed E-state index contributed by atoms with van der Waals surface area (Å²) in [4.78, 5) is 17.7. The van der Waals surface area contributed by atoms with Crippen LogP contribution in [-0.2, 0) is 4.79 Å². The number of carbonyl (C=O) groups excluding carboxylic acids is 1. The first kappa shape index (κ1) is 14.3. The lowest BCUT2D eigenvalue weighted by Gasteiger charge is -2.48. The van der Waals surface area contributed by atoms with Gasteiger partial charge in [-0.2, -0.15) is 0 Å². The molecule has 0 radical (unpaired) electrons. The Morgan fingerprint density at radius 1 is 1.15 bits per heavy atom. The highest BCUT2D eigenvalue weighted by Gasteiger charge is 2.40. The van der Waals surface area contributed by atoms with Gasteiger partial charge in [-0.15, -0.1) is 0 Å². The molecular formula is C16H29N3O. The summed E-state index contributed by atoms with van der Waals surface area (Å²) in [5, 5.41) is 0. The van der Waals surface area contributed by atoms with Crippen LogP contribution < -0.4 is 5.73 Å². The standard InChI is InChI=1S/C16H29N3O/c1-12-10-18-8-3-2-6-14(18)11-19(12)16(20)15-7-4-5-13(15)9-17/h12-15H,2-11,17H2,1H3/t12?,13-,14?,15-/m1/s1. The molecule has 20 heavy (non-hydrogen) atoms. The fourth-order valence-electron chi connectivity index (χ4n) is 4.52. The molecule has 0 bridgehead atoms. The van der Waals surface area contributed by atoms with Crippen molar-refractivity contribution < 1.29 is 4.79 Å². The Bertz CT molecular complexity index is 360. The maximum absolute atomic E-state index is 12.9. The average molecular weight is 279 g/mol. The predicted molar refractivity (Wildman–Crippen MR) is 80.3 cm³/mol. The summed E-state index contributed by atoms with van der Waals surface area (Å²) in [5.74, 6) is 1.03. The first-order valence-corrected chi connectivity index (χ1v) is 8.45. The number of nitrogens with zero attached hydrogens (tertiary/aromatic N) is 2. The van der Waals surface area contributed by atoms with Crippen LogP contribution in [0.5, 0.6) is 0 Å². The van der Waals surface area contributed by atoms with Crippen molar-refractivity contribution in [3.05, 3.63) is 0 Å². The van der Waals surface area contributed by atoms with Crippen LogP contribution in [0.25, 0.3) is 0 Å². The normalized spacial score (nSPS) is 38.8. The number of fused-ring (bicyclic) bond motifs is 1. The van der Waals surface area contributed by atoms with E-state index in [4.69, 9.17) is 5.73 Å². The van der Waals surface area contributed by atoms with Crippen molar-refractivity contribution >= 4 is 5.91 Å². The van der Waals surface area contributed by atoms with Gasteiger partial charge in [0.25, 0.3) is 0 Å². The lowest BCUT2D eigenvalue weighted by atomic mass is 9.91. The van der Waals surface area contributed by atoms with Crippen LogP contribution in [0.2, 0.25) is 0 Å². The summed E-state index contributed by atoms with van der Waals surface area (Å²) < 4.78 is 0. The largest absolute Gasteiger partial charge is 0.337 e. The van der Waals surface area contributed by atoms with Gasteiger partial charge in [0.1, 0.15) is 0 Å². The molecule has 0 aromatic rings. The quantitative estimate of drug-likeness (QED) is 0.832. The number of piperidine rings is 1.